The van der Waals surface area contributed by atoms with Crippen LogP contribution in [0.25, 0.3) is 11.1 Å². The second kappa shape index (κ2) is 5.46. The summed E-state index contributed by atoms with van der Waals surface area (Å²) in [5.74, 6) is 0.490. The van der Waals surface area contributed by atoms with Gasteiger partial charge in [0.05, 0.1) is 17.6 Å². The van der Waals surface area contributed by atoms with Crippen LogP contribution in [0.1, 0.15) is 10.4 Å². The molecule has 0 spiro atoms. The summed E-state index contributed by atoms with van der Waals surface area (Å²) in [5.41, 5.74) is 1.92. The van der Waals surface area contributed by atoms with Gasteiger partial charge in [-0.3, -0.25) is 4.79 Å². The topological polar surface area (TPSA) is 60.4 Å². The summed E-state index contributed by atoms with van der Waals surface area (Å²) in [6.07, 6.45) is 1.89. The van der Waals surface area contributed by atoms with Crippen molar-refractivity contribution in [1.82, 2.24) is 0 Å². The Labute approximate surface area is 117 Å². The van der Waals surface area contributed by atoms with Crippen LogP contribution in [0.3, 0.4) is 0 Å². The Bertz CT molecular complexity index is 731. The van der Waals surface area contributed by atoms with Gasteiger partial charge in [0, 0.05) is 6.26 Å². The molecule has 0 saturated carbocycles. The lowest BCUT2D eigenvalue weighted by atomic mass is 10.00. The number of hydrogen-bond acceptors (Lipinski definition) is 4. The van der Waals surface area contributed by atoms with Crippen LogP contribution >= 0.6 is 0 Å². The van der Waals surface area contributed by atoms with E-state index < -0.39 is 9.84 Å². The van der Waals surface area contributed by atoms with Crippen LogP contribution in [0.15, 0.2) is 47.4 Å². The molecule has 0 fully saturated rings. The van der Waals surface area contributed by atoms with Gasteiger partial charge in [0.1, 0.15) is 5.75 Å². The fourth-order valence-electron chi connectivity index (χ4n) is 1.98. The number of carbonyl (C=O) groups is 1. The van der Waals surface area contributed by atoms with Crippen LogP contribution < -0.4 is 4.74 Å². The van der Waals surface area contributed by atoms with E-state index in [-0.39, 0.29) is 4.90 Å². The van der Waals surface area contributed by atoms with E-state index in [2.05, 4.69) is 0 Å². The van der Waals surface area contributed by atoms with E-state index in [4.69, 9.17) is 4.74 Å². The SMILES string of the molecule is COc1cccc(-c2ccc(S(C)(=O)=O)cc2)c1C=O. The van der Waals surface area contributed by atoms with E-state index in [0.717, 1.165) is 18.1 Å². The quantitative estimate of drug-likeness (QED) is 0.812. The second-order valence-electron chi connectivity index (χ2n) is 4.34. The van der Waals surface area contributed by atoms with Crippen molar-refractivity contribution in [2.45, 2.75) is 4.90 Å². The van der Waals surface area contributed by atoms with Crippen LogP contribution in [-0.2, 0) is 9.84 Å². The first-order chi connectivity index (χ1) is 9.47. The van der Waals surface area contributed by atoms with Crippen molar-refractivity contribution in [2.75, 3.05) is 13.4 Å². The molecule has 0 atom stereocenters. The third kappa shape index (κ3) is 2.72. The number of sulfone groups is 1. The maximum Gasteiger partial charge on any atom is 0.175 e. The lowest BCUT2D eigenvalue weighted by molar-refractivity contribution is 0.112. The van der Waals surface area contributed by atoms with Crippen molar-refractivity contribution in [1.29, 1.82) is 0 Å². The Hall–Kier alpha value is -2.14. The molecule has 5 heteroatoms. The summed E-state index contributed by atoms with van der Waals surface area (Å²) in [7, 11) is -1.73. The summed E-state index contributed by atoms with van der Waals surface area (Å²) >= 11 is 0. The molecule has 0 aliphatic carbocycles. The predicted molar refractivity (Wildman–Crippen MR) is 76.9 cm³/mol. The fourth-order valence-corrected chi connectivity index (χ4v) is 2.61. The van der Waals surface area contributed by atoms with E-state index in [1.54, 1.807) is 30.3 Å². The van der Waals surface area contributed by atoms with Crippen molar-refractivity contribution in [3.05, 3.63) is 48.0 Å². The summed E-state index contributed by atoms with van der Waals surface area (Å²) < 4.78 is 28.0. The number of aldehydes is 1. The summed E-state index contributed by atoms with van der Waals surface area (Å²) in [6, 6.07) is 11.7. The van der Waals surface area contributed by atoms with Gasteiger partial charge in [-0.1, -0.05) is 24.3 Å². The highest BCUT2D eigenvalue weighted by Gasteiger charge is 2.11. The van der Waals surface area contributed by atoms with Gasteiger partial charge in [-0.15, -0.1) is 0 Å². The third-order valence-electron chi connectivity index (χ3n) is 3.00. The summed E-state index contributed by atoms with van der Waals surface area (Å²) in [5, 5.41) is 0. The van der Waals surface area contributed by atoms with Gasteiger partial charge in [0.15, 0.2) is 16.1 Å². The van der Waals surface area contributed by atoms with E-state index in [9.17, 15) is 13.2 Å². The zero-order valence-corrected chi connectivity index (χ0v) is 12.0. The van der Waals surface area contributed by atoms with Gasteiger partial charge in [-0.2, -0.15) is 0 Å². The molecule has 0 amide bonds. The largest absolute Gasteiger partial charge is 0.496 e. The Morgan fingerprint density at radius 3 is 2.20 bits per heavy atom. The second-order valence-corrected chi connectivity index (χ2v) is 6.35. The molecule has 0 aromatic heterocycles. The van der Waals surface area contributed by atoms with Crippen molar-refractivity contribution < 1.29 is 17.9 Å². The van der Waals surface area contributed by atoms with E-state index in [0.29, 0.717) is 16.9 Å². The number of methoxy groups -OCH3 is 1. The highest BCUT2D eigenvalue weighted by Crippen LogP contribution is 2.29. The molecule has 2 aromatic rings. The molecule has 2 rings (SSSR count). The first kappa shape index (κ1) is 14.3. The average molecular weight is 290 g/mol. The fraction of sp³-hybridized carbons (Fsp3) is 0.133. The van der Waals surface area contributed by atoms with Gasteiger partial charge in [-0.25, -0.2) is 8.42 Å². The normalized spacial score (nSPS) is 11.1. The number of benzene rings is 2. The van der Waals surface area contributed by atoms with Gasteiger partial charge >= 0.3 is 0 Å². The van der Waals surface area contributed by atoms with Crippen LogP contribution in [0.4, 0.5) is 0 Å². The molecule has 0 heterocycles. The van der Waals surface area contributed by atoms with Gasteiger partial charge < -0.3 is 4.74 Å². The van der Waals surface area contributed by atoms with Crippen LogP contribution in [0.5, 0.6) is 5.75 Å². The summed E-state index contributed by atoms with van der Waals surface area (Å²) in [6.45, 7) is 0. The van der Waals surface area contributed by atoms with E-state index in [1.807, 2.05) is 0 Å². The molecule has 0 aliphatic heterocycles. The van der Waals surface area contributed by atoms with Crippen molar-refractivity contribution in [2.24, 2.45) is 0 Å². The maximum atomic E-state index is 11.4. The smallest absolute Gasteiger partial charge is 0.175 e. The molecule has 0 aliphatic rings. The van der Waals surface area contributed by atoms with Gasteiger partial charge in [0.2, 0.25) is 0 Å². The van der Waals surface area contributed by atoms with E-state index in [1.165, 1.54) is 19.2 Å². The highest BCUT2D eigenvalue weighted by molar-refractivity contribution is 7.90. The van der Waals surface area contributed by atoms with Crippen LogP contribution in [-0.4, -0.2) is 28.1 Å². The molecule has 2 aromatic carbocycles. The first-order valence-corrected chi connectivity index (χ1v) is 7.79. The molecule has 0 N–H and O–H groups in total. The number of carbonyl (C=O) groups excluding carboxylic acids is 1. The van der Waals surface area contributed by atoms with Gasteiger partial charge in [0.25, 0.3) is 0 Å². The van der Waals surface area contributed by atoms with Gasteiger partial charge in [-0.05, 0) is 29.3 Å². The van der Waals surface area contributed by atoms with Crippen molar-refractivity contribution >= 4 is 16.1 Å². The monoisotopic (exact) mass is 290 g/mol. The zero-order valence-electron chi connectivity index (χ0n) is 11.2. The van der Waals surface area contributed by atoms with Crippen LogP contribution in [0.2, 0.25) is 0 Å². The first-order valence-electron chi connectivity index (χ1n) is 5.90. The van der Waals surface area contributed by atoms with Crippen molar-refractivity contribution in [3.8, 4) is 16.9 Å². The third-order valence-corrected chi connectivity index (χ3v) is 4.13. The molecular weight excluding hydrogens is 276 g/mol. The Morgan fingerprint density at radius 1 is 1.05 bits per heavy atom. The number of ether oxygens (including phenoxy) is 1. The Balaban J connectivity index is 2.55. The number of rotatable bonds is 4. The summed E-state index contributed by atoms with van der Waals surface area (Å²) in [4.78, 5) is 11.5. The Kier molecular flexibility index (Phi) is 3.90. The molecule has 4 nitrogen and oxygen atoms in total. The lowest BCUT2D eigenvalue weighted by Crippen LogP contribution is -1.97. The minimum absolute atomic E-state index is 0.247. The number of hydrogen-bond donors (Lipinski definition) is 0. The average Bonchev–Trinajstić information content (AvgIpc) is 2.45. The predicted octanol–water partition coefficient (Wildman–Crippen LogP) is 2.58. The zero-order chi connectivity index (χ0) is 14.8. The van der Waals surface area contributed by atoms with Crippen molar-refractivity contribution in [3.63, 3.8) is 0 Å². The minimum atomic E-state index is -3.22. The van der Waals surface area contributed by atoms with Crippen LogP contribution in [0, 0.1) is 0 Å². The standard InChI is InChI=1S/C15H14O4S/c1-19-15-5-3-4-13(14(15)10-16)11-6-8-12(9-7-11)20(2,17)18/h3-10H,1-2H3. The molecule has 20 heavy (non-hydrogen) atoms. The minimum Gasteiger partial charge on any atom is -0.496 e. The maximum absolute atomic E-state index is 11.4. The molecule has 0 bridgehead atoms. The molecular formula is C15H14O4S. The molecule has 0 saturated heterocycles. The lowest BCUT2D eigenvalue weighted by Gasteiger charge is -2.10. The molecule has 0 unspecified atom stereocenters. The Morgan fingerprint density at radius 2 is 1.70 bits per heavy atom. The van der Waals surface area contributed by atoms with E-state index >= 15 is 0 Å². The molecule has 104 valence electrons. The molecule has 0 radical (unpaired) electrons. The highest BCUT2D eigenvalue weighted by atomic mass is 32.2.